The van der Waals surface area contributed by atoms with Gasteiger partial charge in [0.15, 0.2) is 5.78 Å². The largest absolute Gasteiger partial charge is 0.378 e. The molecule has 1 fully saturated rings. The van der Waals surface area contributed by atoms with Crippen LogP contribution in [-0.2, 0) is 9.53 Å². The molecular weight excluding hydrogens is 398 g/mol. The van der Waals surface area contributed by atoms with Gasteiger partial charge in [-0.3, -0.25) is 4.79 Å². The minimum Gasteiger partial charge on any atom is -0.378 e. The van der Waals surface area contributed by atoms with Gasteiger partial charge in [-0.1, -0.05) is 31.1 Å². The van der Waals surface area contributed by atoms with Crippen LogP contribution < -0.4 is 4.90 Å². The number of carbonyl (C=O) groups is 1. The van der Waals surface area contributed by atoms with E-state index in [2.05, 4.69) is 48.1 Å². The summed E-state index contributed by atoms with van der Waals surface area (Å²) in [5, 5.41) is 11.7. The average Bonchev–Trinajstić information content (AvgIpc) is 3.20. The van der Waals surface area contributed by atoms with Crippen LogP contribution in [0.15, 0.2) is 47.1 Å². The lowest BCUT2D eigenvalue weighted by Gasteiger charge is -2.51. The van der Waals surface area contributed by atoms with Crippen molar-refractivity contribution in [3.63, 3.8) is 0 Å². The summed E-state index contributed by atoms with van der Waals surface area (Å²) in [5.74, 6) is 3.29. The molecule has 1 aromatic carbocycles. The molecule has 0 aromatic heterocycles. The molecule has 0 spiro atoms. The SMILES string of the molecule is C#CC1(O)CCC2CCC=C2C2=C1C1(C)COC(c3ccc(N(C)C)cc3)CC1CC2=O. The van der Waals surface area contributed by atoms with Gasteiger partial charge in [-0.05, 0) is 72.8 Å². The summed E-state index contributed by atoms with van der Waals surface area (Å²) in [6.07, 6.45) is 12.7. The second kappa shape index (κ2) is 7.61. The lowest BCUT2D eigenvalue weighted by atomic mass is 9.57. The molecule has 5 rings (SSSR count). The van der Waals surface area contributed by atoms with E-state index >= 15 is 0 Å². The van der Waals surface area contributed by atoms with Crippen LogP contribution in [0, 0.1) is 29.6 Å². The zero-order valence-electron chi connectivity index (χ0n) is 19.4. The molecular formula is C28H33NO3. The topological polar surface area (TPSA) is 49.8 Å². The number of hydrogen-bond acceptors (Lipinski definition) is 4. The van der Waals surface area contributed by atoms with E-state index in [1.165, 1.54) is 0 Å². The zero-order valence-corrected chi connectivity index (χ0v) is 19.4. The van der Waals surface area contributed by atoms with Gasteiger partial charge in [-0.15, -0.1) is 6.42 Å². The molecule has 1 heterocycles. The van der Waals surface area contributed by atoms with E-state index in [4.69, 9.17) is 11.2 Å². The summed E-state index contributed by atoms with van der Waals surface area (Å²) in [4.78, 5) is 15.6. The quantitative estimate of drug-likeness (QED) is 0.696. The number of rotatable bonds is 2. The molecule has 4 nitrogen and oxygen atoms in total. The number of ether oxygens (including phenoxy) is 1. The average molecular weight is 432 g/mol. The lowest BCUT2D eigenvalue weighted by molar-refractivity contribution is -0.128. The molecule has 5 atom stereocenters. The first-order chi connectivity index (χ1) is 15.3. The van der Waals surface area contributed by atoms with E-state index in [0.717, 1.165) is 53.7 Å². The molecule has 0 saturated carbocycles. The highest BCUT2D eigenvalue weighted by atomic mass is 16.5. The van der Waals surface area contributed by atoms with Gasteiger partial charge in [-0.25, -0.2) is 0 Å². The Morgan fingerprint density at radius 2 is 1.97 bits per heavy atom. The molecule has 0 amide bonds. The normalized spacial score (nSPS) is 36.4. The fourth-order valence-corrected chi connectivity index (χ4v) is 6.54. The Balaban J connectivity index is 1.53. The lowest BCUT2D eigenvalue weighted by Crippen LogP contribution is -2.51. The van der Waals surface area contributed by atoms with E-state index in [0.29, 0.717) is 25.4 Å². The van der Waals surface area contributed by atoms with Crippen molar-refractivity contribution in [3.05, 3.63) is 52.6 Å². The molecule has 1 N–H and O–H groups in total. The van der Waals surface area contributed by atoms with Crippen LogP contribution in [0.2, 0.25) is 0 Å². The molecule has 4 aliphatic rings. The van der Waals surface area contributed by atoms with E-state index in [1.54, 1.807) is 0 Å². The number of carbonyl (C=O) groups excluding carboxylic acids is 1. The van der Waals surface area contributed by atoms with Crippen molar-refractivity contribution in [2.24, 2.45) is 17.3 Å². The molecule has 1 aliphatic heterocycles. The van der Waals surface area contributed by atoms with E-state index in [-0.39, 0.29) is 17.8 Å². The molecule has 0 radical (unpaired) electrons. The first-order valence-electron chi connectivity index (χ1n) is 11.8. The van der Waals surface area contributed by atoms with Crippen LogP contribution in [0.3, 0.4) is 0 Å². The number of Topliss-reactive ketones (excluding diaryl/α,β-unsaturated/α-hetero) is 1. The Morgan fingerprint density at radius 1 is 1.22 bits per heavy atom. The highest BCUT2D eigenvalue weighted by Gasteiger charge is 2.56. The fraction of sp³-hybridized carbons (Fsp3) is 0.536. The maximum atomic E-state index is 13.6. The number of aliphatic hydroxyl groups is 1. The standard InChI is InChI=1S/C28H33NO3/c1-5-28(31)14-13-18-7-6-8-22(18)25-23(30)15-20-16-24(32-17-27(20,2)26(25)28)19-9-11-21(12-10-19)29(3)4/h1,8-12,18,20,24,31H,6-7,13-17H2,2-4H3. The Bertz CT molecular complexity index is 1040. The number of terminal acetylenes is 1. The van der Waals surface area contributed by atoms with Crippen molar-refractivity contribution in [3.8, 4) is 12.3 Å². The Kier molecular flexibility index (Phi) is 5.11. The predicted octanol–water partition coefficient (Wildman–Crippen LogP) is 4.60. The molecule has 1 aromatic rings. The summed E-state index contributed by atoms with van der Waals surface area (Å²) in [6, 6.07) is 8.45. The smallest absolute Gasteiger partial charge is 0.163 e. The van der Waals surface area contributed by atoms with Gasteiger partial charge < -0.3 is 14.7 Å². The second-order valence-electron chi connectivity index (χ2n) is 10.5. The molecule has 32 heavy (non-hydrogen) atoms. The Morgan fingerprint density at radius 3 is 2.66 bits per heavy atom. The highest BCUT2D eigenvalue weighted by molar-refractivity contribution is 6.02. The van der Waals surface area contributed by atoms with Gasteiger partial charge in [0.05, 0.1) is 12.7 Å². The summed E-state index contributed by atoms with van der Waals surface area (Å²) in [6.45, 7) is 2.62. The molecule has 4 heteroatoms. The van der Waals surface area contributed by atoms with Crippen LogP contribution in [0.1, 0.15) is 57.1 Å². The first kappa shape index (κ1) is 21.5. The fourth-order valence-electron chi connectivity index (χ4n) is 6.54. The number of fused-ring (bicyclic) bond motifs is 4. The third-order valence-electron chi connectivity index (χ3n) is 8.41. The van der Waals surface area contributed by atoms with Crippen LogP contribution >= 0.6 is 0 Å². The van der Waals surface area contributed by atoms with Crippen molar-refractivity contribution in [2.75, 3.05) is 25.6 Å². The van der Waals surface area contributed by atoms with E-state index in [1.807, 2.05) is 14.1 Å². The molecule has 3 aliphatic carbocycles. The first-order valence-corrected chi connectivity index (χ1v) is 11.8. The minimum atomic E-state index is -1.38. The molecule has 5 unspecified atom stereocenters. The van der Waals surface area contributed by atoms with Crippen LogP contribution in [0.4, 0.5) is 5.69 Å². The number of hydrogen-bond donors (Lipinski definition) is 1. The molecule has 1 saturated heterocycles. The van der Waals surface area contributed by atoms with Gasteiger partial charge in [0.1, 0.15) is 5.60 Å². The van der Waals surface area contributed by atoms with E-state index in [9.17, 15) is 9.90 Å². The second-order valence-corrected chi connectivity index (χ2v) is 10.5. The third-order valence-corrected chi connectivity index (χ3v) is 8.41. The zero-order chi connectivity index (χ0) is 22.7. The van der Waals surface area contributed by atoms with Gasteiger partial charge >= 0.3 is 0 Å². The van der Waals surface area contributed by atoms with Crippen LogP contribution in [-0.4, -0.2) is 37.2 Å². The number of allylic oxidation sites excluding steroid dienone is 3. The number of benzene rings is 1. The highest BCUT2D eigenvalue weighted by Crippen LogP contribution is 2.58. The maximum Gasteiger partial charge on any atom is 0.163 e. The van der Waals surface area contributed by atoms with Crippen molar-refractivity contribution >= 4 is 11.5 Å². The van der Waals surface area contributed by atoms with E-state index < -0.39 is 11.0 Å². The Labute approximate surface area is 191 Å². The number of anilines is 1. The minimum absolute atomic E-state index is 0.0533. The van der Waals surface area contributed by atoms with Crippen molar-refractivity contribution in [1.29, 1.82) is 0 Å². The van der Waals surface area contributed by atoms with Crippen LogP contribution in [0.5, 0.6) is 0 Å². The van der Waals surface area contributed by atoms with Gasteiger partial charge in [-0.2, -0.15) is 0 Å². The van der Waals surface area contributed by atoms with Gasteiger partial charge in [0, 0.05) is 37.2 Å². The van der Waals surface area contributed by atoms with Crippen molar-refractivity contribution in [2.45, 2.75) is 57.2 Å². The van der Waals surface area contributed by atoms with Crippen molar-refractivity contribution in [1.82, 2.24) is 0 Å². The van der Waals surface area contributed by atoms with Gasteiger partial charge in [0.25, 0.3) is 0 Å². The summed E-state index contributed by atoms with van der Waals surface area (Å²) >= 11 is 0. The Hall–Kier alpha value is -2.35. The van der Waals surface area contributed by atoms with Gasteiger partial charge in [0.2, 0.25) is 0 Å². The third kappa shape index (κ3) is 3.17. The summed E-state index contributed by atoms with van der Waals surface area (Å²) in [5.41, 5.74) is 3.10. The summed E-state index contributed by atoms with van der Waals surface area (Å²) in [7, 11) is 4.06. The molecule has 0 bridgehead atoms. The maximum absolute atomic E-state index is 13.6. The summed E-state index contributed by atoms with van der Waals surface area (Å²) < 4.78 is 6.45. The predicted molar refractivity (Wildman–Crippen MR) is 126 cm³/mol. The van der Waals surface area contributed by atoms with Crippen LogP contribution in [0.25, 0.3) is 0 Å². The van der Waals surface area contributed by atoms with Crippen molar-refractivity contribution < 1.29 is 14.6 Å². The number of ketones is 1. The number of nitrogens with zero attached hydrogens (tertiary/aromatic N) is 1. The molecule has 168 valence electrons. The monoisotopic (exact) mass is 431 g/mol.